The van der Waals surface area contributed by atoms with Crippen molar-refractivity contribution in [3.05, 3.63) is 122 Å². The van der Waals surface area contributed by atoms with E-state index in [4.69, 9.17) is 11.6 Å². The minimum atomic E-state index is -1.68. The molecule has 0 spiro atoms. The molecule has 0 bridgehead atoms. The molecule has 4 aromatic rings. The largest absolute Gasteiger partial charge is 0.321 e. The molecule has 0 saturated carbocycles. The summed E-state index contributed by atoms with van der Waals surface area (Å²) in [5.41, 5.74) is 2.08. The van der Waals surface area contributed by atoms with E-state index in [0.29, 0.717) is 37.3 Å². The minimum Gasteiger partial charge on any atom is -0.321 e. The van der Waals surface area contributed by atoms with Gasteiger partial charge in [-0.1, -0.05) is 41.9 Å². The van der Waals surface area contributed by atoms with Gasteiger partial charge in [-0.25, -0.2) is 4.21 Å². The van der Waals surface area contributed by atoms with Crippen molar-refractivity contribution in [3.63, 3.8) is 0 Å². The summed E-state index contributed by atoms with van der Waals surface area (Å²) in [5.74, 6) is -0.890. The molecule has 10 heteroatoms. The van der Waals surface area contributed by atoms with Gasteiger partial charge in [0.1, 0.15) is 0 Å². The van der Waals surface area contributed by atoms with Crippen LogP contribution >= 0.6 is 11.6 Å². The van der Waals surface area contributed by atoms with Gasteiger partial charge >= 0.3 is 0 Å². The van der Waals surface area contributed by atoms with Crippen molar-refractivity contribution in [2.45, 2.75) is 23.3 Å². The van der Waals surface area contributed by atoms with Gasteiger partial charge in [0.25, 0.3) is 17.5 Å². The second-order valence-corrected chi connectivity index (χ2v) is 10.5. The molecule has 1 atom stereocenters. The molecular formula is C28H20ClN3O5S. The molecule has 4 aromatic carbocycles. The van der Waals surface area contributed by atoms with Crippen molar-refractivity contribution in [2.75, 3.05) is 10.2 Å². The quantitative estimate of drug-likeness (QED) is 0.239. The molecule has 8 nitrogen and oxygen atoms in total. The maximum atomic E-state index is 13.7. The monoisotopic (exact) mass is 545 g/mol. The molecule has 0 unspecified atom stereocenters. The van der Waals surface area contributed by atoms with E-state index in [2.05, 4.69) is 5.32 Å². The molecular weight excluding hydrogens is 526 g/mol. The molecule has 38 heavy (non-hydrogen) atoms. The molecule has 0 aromatic heterocycles. The predicted molar refractivity (Wildman–Crippen MR) is 145 cm³/mol. The first kappa shape index (κ1) is 25.3. The van der Waals surface area contributed by atoms with E-state index in [9.17, 15) is 23.9 Å². The number of carbonyl (C=O) groups is 2. The van der Waals surface area contributed by atoms with E-state index in [1.807, 2.05) is 6.07 Å². The zero-order chi connectivity index (χ0) is 27.0. The fraction of sp³-hybridized carbons (Fsp3) is 0.0714. The molecule has 0 aliphatic carbocycles. The van der Waals surface area contributed by atoms with E-state index in [0.717, 1.165) is 5.56 Å². The second-order valence-electron chi connectivity index (χ2n) is 8.63. The van der Waals surface area contributed by atoms with Crippen LogP contribution in [0.4, 0.5) is 17.1 Å². The Morgan fingerprint density at radius 2 is 1.76 bits per heavy atom. The first-order valence-electron chi connectivity index (χ1n) is 11.5. The van der Waals surface area contributed by atoms with Crippen molar-refractivity contribution in [1.29, 1.82) is 0 Å². The number of nitrogens with one attached hydrogen (secondary N) is 1. The number of benzene rings is 4. The van der Waals surface area contributed by atoms with Crippen LogP contribution in [0.3, 0.4) is 0 Å². The number of amides is 2. The van der Waals surface area contributed by atoms with Gasteiger partial charge in [-0.15, -0.1) is 0 Å². The van der Waals surface area contributed by atoms with Crippen LogP contribution in [0, 0.1) is 17.0 Å². The number of halogens is 1. The van der Waals surface area contributed by atoms with Gasteiger partial charge in [-0.05, 0) is 61.0 Å². The highest BCUT2D eigenvalue weighted by molar-refractivity contribution is 7.85. The van der Waals surface area contributed by atoms with Gasteiger partial charge in [0, 0.05) is 16.7 Å². The Kier molecular flexibility index (Phi) is 6.79. The average Bonchev–Trinajstić information content (AvgIpc) is 2.99. The number of rotatable bonds is 5. The van der Waals surface area contributed by atoms with Crippen molar-refractivity contribution in [3.8, 4) is 0 Å². The Balaban J connectivity index is 1.59. The Hall–Kier alpha value is -4.34. The summed E-state index contributed by atoms with van der Waals surface area (Å²) < 4.78 is 13.6. The van der Waals surface area contributed by atoms with Crippen LogP contribution in [0.1, 0.15) is 31.8 Å². The molecule has 5 rings (SSSR count). The number of nitro benzene ring substituents is 1. The van der Waals surface area contributed by atoms with Crippen molar-refractivity contribution in [1.82, 2.24) is 0 Å². The Morgan fingerprint density at radius 3 is 2.53 bits per heavy atom. The average molecular weight is 546 g/mol. The van der Waals surface area contributed by atoms with E-state index in [-0.39, 0.29) is 23.7 Å². The van der Waals surface area contributed by atoms with Crippen molar-refractivity contribution < 1.29 is 18.7 Å². The molecule has 1 aliphatic rings. The van der Waals surface area contributed by atoms with Crippen LogP contribution in [-0.4, -0.2) is 20.9 Å². The van der Waals surface area contributed by atoms with Crippen molar-refractivity contribution in [2.24, 2.45) is 0 Å². The van der Waals surface area contributed by atoms with E-state index in [1.165, 1.54) is 29.2 Å². The molecule has 2 amide bonds. The van der Waals surface area contributed by atoms with Gasteiger partial charge in [-0.3, -0.25) is 19.7 Å². The number of nitro groups is 1. The molecule has 190 valence electrons. The van der Waals surface area contributed by atoms with Crippen LogP contribution in [-0.2, 0) is 17.3 Å². The summed E-state index contributed by atoms with van der Waals surface area (Å²) in [5, 5.41) is 14.5. The van der Waals surface area contributed by atoms with Crippen LogP contribution in [0.25, 0.3) is 0 Å². The molecule has 1 aliphatic heterocycles. The van der Waals surface area contributed by atoms with Crippen LogP contribution in [0.15, 0.2) is 94.7 Å². The normalized spacial score (nSPS) is 14.3. The lowest BCUT2D eigenvalue weighted by Gasteiger charge is -2.24. The summed E-state index contributed by atoms with van der Waals surface area (Å²) in [6.45, 7) is 1.68. The van der Waals surface area contributed by atoms with Crippen molar-refractivity contribution >= 4 is 51.3 Å². The third-order valence-corrected chi connectivity index (χ3v) is 7.99. The van der Waals surface area contributed by atoms with E-state index >= 15 is 0 Å². The second kappa shape index (κ2) is 10.2. The number of fused-ring (bicyclic) bond motifs is 2. The number of anilines is 2. The summed E-state index contributed by atoms with van der Waals surface area (Å²) in [6, 6.07) is 22.8. The van der Waals surface area contributed by atoms with Gasteiger partial charge in [0.2, 0.25) is 0 Å². The molecule has 1 heterocycles. The zero-order valence-electron chi connectivity index (χ0n) is 20.0. The topological polar surface area (TPSA) is 110 Å². The number of nitrogens with zero attached hydrogens (tertiary/aromatic N) is 2. The predicted octanol–water partition coefficient (Wildman–Crippen LogP) is 6.14. The molecule has 0 radical (unpaired) electrons. The van der Waals surface area contributed by atoms with Gasteiger partial charge < -0.3 is 10.2 Å². The molecule has 0 fully saturated rings. The number of carbonyl (C=O) groups excluding carboxylic acids is 2. The third-order valence-electron chi connectivity index (χ3n) is 6.25. The zero-order valence-corrected chi connectivity index (χ0v) is 21.6. The van der Waals surface area contributed by atoms with Gasteiger partial charge in [0.15, 0.2) is 0 Å². The Labute approximate surface area is 225 Å². The number of hydrogen-bond acceptors (Lipinski definition) is 5. The standard InChI is InChI=1S/C28H20ClN3O5S/c1-17-22(9-5-10-23(17)32(35)36)30-27(33)19-12-13-26-24(15-19)31(16-18-6-4-7-20(29)14-18)28(34)21-8-2-3-11-25(21)38(26)37/h2-15H,16H2,1H3,(H,30,33)/t38-/m1/s1. The lowest BCUT2D eigenvalue weighted by molar-refractivity contribution is -0.385. The first-order chi connectivity index (χ1) is 18.2. The molecule has 0 saturated heterocycles. The van der Waals surface area contributed by atoms with Crippen LogP contribution in [0.5, 0.6) is 0 Å². The summed E-state index contributed by atoms with van der Waals surface area (Å²) in [4.78, 5) is 40.0. The highest BCUT2D eigenvalue weighted by atomic mass is 35.5. The Bertz CT molecular complexity index is 1660. The number of hydrogen-bond donors (Lipinski definition) is 1. The Morgan fingerprint density at radius 1 is 1.00 bits per heavy atom. The fourth-order valence-electron chi connectivity index (χ4n) is 4.33. The highest BCUT2D eigenvalue weighted by Gasteiger charge is 2.31. The minimum absolute atomic E-state index is 0.115. The summed E-state index contributed by atoms with van der Waals surface area (Å²) >= 11 is 6.18. The van der Waals surface area contributed by atoms with Gasteiger partial charge in [-0.2, -0.15) is 0 Å². The summed E-state index contributed by atoms with van der Waals surface area (Å²) in [6.07, 6.45) is 0. The van der Waals surface area contributed by atoms with E-state index < -0.39 is 21.6 Å². The highest BCUT2D eigenvalue weighted by Crippen LogP contribution is 2.36. The first-order valence-corrected chi connectivity index (χ1v) is 13.0. The lowest BCUT2D eigenvalue weighted by atomic mass is 10.1. The maximum Gasteiger partial charge on any atom is 0.274 e. The summed E-state index contributed by atoms with van der Waals surface area (Å²) in [7, 11) is -1.68. The van der Waals surface area contributed by atoms with Crippen LogP contribution < -0.4 is 10.2 Å². The third kappa shape index (κ3) is 4.69. The van der Waals surface area contributed by atoms with Gasteiger partial charge in [0.05, 0.1) is 54.6 Å². The maximum absolute atomic E-state index is 13.7. The van der Waals surface area contributed by atoms with E-state index in [1.54, 1.807) is 61.5 Å². The fourth-order valence-corrected chi connectivity index (χ4v) is 5.89. The SMILES string of the molecule is Cc1c(NC(=O)c2ccc3c(c2)N(Cc2cccc(Cl)c2)C(=O)c2ccccc2[S@]3=O)cccc1[N+](=O)[O-]. The smallest absolute Gasteiger partial charge is 0.274 e. The molecule has 1 N–H and O–H groups in total. The lowest BCUT2D eigenvalue weighted by Crippen LogP contribution is -2.30. The van der Waals surface area contributed by atoms with Crippen LogP contribution in [0.2, 0.25) is 5.02 Å².